The van der Waals surface area contributed by atoms with E-state index in [4.69, 9.17) is 5.73 Å². The molecule has 0 radical (unpaired) electrons. The smallest absolute Gasteiger partial charge is 0.0314 e. The maximum absolute atomic E-state index is 5.69. The predicted octanol–water partition coefficient (Wildman–Crippen LogP) is 3.73. The normalized spacial score (nSPS) is 26.1. The van der Waals surface area contributed by atoms with Crippen molar-refractivity contribution in [3.8, 4) is 0 Å². The second-order valence-electron chi connectivity index (χ2n) is 4.51. The van der Waals surface area contributed by atoms with Crippen molar-refractivity contribution in [2.75, 3.05) is 5.73 Å². The number of nitrogens with two attached hydrogens (primary N) is 1. The van der Waals surface area contributed by atoms with E-state index in [9.17, 15) is 0 Å². The lowest BCUT2D eigenvalue weighted by Crippen LogP contribution is -2.11. The Hall–Kier alpha value is -1.24. The highest BCUT2D eigenvalue weighted by atomic mass is 14.5. The van der Waals surface area contributed by atoms with Gasteiger partial charge in [-0.3, -0.25) is 0 Å². The minimum atomic E-state index is 0.738. The van der Waals surface area contributed by atoms with E-state index in [0.717, 1.165) is 17.5 Å². The van der Waals surface area contributed by atoms with E-state index in [0.29, 0.717) is 0 Å². The van der Waals surface area contributed by atoms with Crippen molar-refractivity contribution in [1.82, 2.24) is 0 Å². The number of allylic oxidation sites excluding steroid dienone is 1. The van der Waals surface area contributed by atoms with Crippen molar-refractivity contribution in [2.24, 2.45) is 5.92 Å². The molecule has 1 aliphatic rings. The summed E-state index contributed by atoms with van der Waals surface area (Å²) < 4.78 is 0. The molecule has 1 nitrogen and oxygen atoms in total. The van der Waals surface area contributed by atoms with E-state index in [2.05, 4.69) is 24.8 Å². The average molecular weight is 201 g/mol. The van der Waals surface area contributed by atoms with Gasteiger partial charge in [-0.2, -0.15) is 0 Å². The molecule has 0 aromatic heterocycles. The molecule has 1 aromatic rings. The molecular weight excluding hydrogens is 182 g/mol. The lowest BCUT2D eigenvalue weighted by molar-refractivity contribution is 0.376. The van der Waals surface area contributed by atoms with Crippen LogP contribution in [0.25, 0.3) is 0 Å². The van der Waals surface area contributed by atoms with Crippen LogP contribution >= 0.6 is 0 Å². The van der Waals surface area contributed by atoms with E-state index in [-0.39, 0.29) is 0 Å². The standard InChI is InChI=1S/C14H19N/c1-2-11-3-5-12(6-4-11)13-7-9-14(15)10-8-13/h2,7-12H,1,3-6,15H2. The molecule has 1 saturated carbocycles. The number of hydrogen-bond acceptors (Lipinski definition) is 1. The third kappa shape index (κ3) is 2.41. The van der Waals surface area contributed by atoms with Gasteiger partial charge in [-0.15, -0.1) is 6.58 Å². The molecule has 1 aromatic carbocycles. The van der Waals surface area contributed by atoms with Gasteiger partial charge in [0.05, 0.1) is 0 Å². The van der Waals surface area contributed by atoms with Crippen molar-refractivity contribution in [1.29, 1.82) is 0 Å². The monoisotopic (exact) mass is 201 g/mol. The summed E-state index contributed by atoms with van der Waals surface area (Å²) in [7, 11) is 0. The first-order chi connectivity index (χ1) is 7.29. The predicted molar refractivity (Wildman–Crippen MR) is 65.8 cm³/mol. The van der Waals surface area contributed by atoms with Crippen molar-refractivity contribution in [2.45, 2.75) is 31.6 Å². The Morgan fingerprint density at radius 3 is 2.20 bits per heavy atom. The lowest BCUT2D eigenvalue weighted by Gasteiger charge is -2.26. The molecule has 1 fully saturated rings. The van der Waals surface area contributed by atoms with Gasteiger partial charge in [0.15, 0.2) is 0 Å². The number of nitrogen functional groups attached to an aromatic ring is 1. The van der Waals surface area contributed by atoms with Gasteiger partial charge in [-0.05, 0) is 55.2 Å². The van der Waals surface area contributed by atoms with Gasteiger partial charge in [-0.25, -0.2) is 0 Å². The summed E-state index contributed by atoms with van der Waals surface area (Å²) in [6.07, 6.45) is 7.28. The summed E-state index contributed by atoms with van der Waals surface area (Å²) in [6.45, 7) is 3.88. The van der Waals surface area contributed by atoms with Crippen LogP contribution in [0.2, 0.25) is 0 Å². The van der Waals surface area contributed by atoms with E-state index < -0.39 is 0 Å². The molecule has 0 bridgehead atoms. The largest absolute Gasteiger partial charge is 0.399 e. The summed E-state index contributed by atoms with van der Waals surface area (Å²) >= 11 is 0. The number of benzene rings is 1. The molecular formula is C14H19N. The molecule has 0 aliphatic heterocycles. The topological polar surface area (TPSA) is 26.0 Å². The van der Waals surface area contributed by atoms with Crippen molar-refractivity contribution in [3.63, 3.8) is 0 Å². The summed E-state index contributed by atoms with van der Waals surface area (Å²) in [4.78, 5) is 0. The summed E-state index contributed by atoms with van der Waals surface area (Å²) in [5.74, 6) is 1.48. The third-order valence-corrected chi connectivity index (χ3v) is 3.51. The zero-order chi connectivity index (χ0) is 10.7. The zero-order valence-corrected chi connectivity index (χ0v) is 9.15. The van der Waals surface area contributed by atoms with Gasteiger partial charge in [0.2, 0.25) is 0 Å². The Balaban J connectivity index is 2.01. The number of anilines is 1. The van der Waals surface area contributed by atoms with Crippen LogP contribution in [0, 0.1) is 5.92 Å². The van der Waals surface area contributed by atoms with E-state index >= 15 is 0 Å². The van der Waals surface area contributed by atoms with Gasteiger partial charge in [-0.1, -0.05) is 18.2 Å². The SMILES string of the molecule is C=CC1CCC(c2ccc(N)cc2)CC1. The fourth-order valence-corrected chi connectivity index (χ4v) is 2.46. The van der Waals surface area contributed by atoms with Crippen LogP contribution in [-0.4, -0.2) is 0 Å². The fraction of sp³-hybridized carbons (Fsp3) is 0.429. The lowest BCUT2D eigenvalue weighted by atomic mass is 9.79. The van der Waals surface area contributed by atoms with Crippen molar-refractivity contribution < 1.29 is 0 Å². The average Bonchev–Trinajstić information content (AvgIpc) is 2.30. The van der Waals surface area contributed by atoms with Gasteiger partial charge in [0, 0.05) is 5.69 Å². The Morgan fingerprint density at radius 2 is 1.67 bits per heavy atom. The van der Waals surface area contributed by atoms with Gasteiger partial charge >= 0.3 is 0 Å². The van der Waals surface area contributed by atoms with Gasteiger partial charge in [0.1, 0.15) is 0 Å². The number of hydrogen-bond donors (Lipinski definition) is 1. The first-order valence-corrected chi connectivity index (χ1v) is 5.77. The minimum absolute atomic E-state index is 0.738. The Bertz CT molecular complexity index is 318. The zero-order valence-electron chi connectivity index (χ0n) is 9.15. The maximum atomic E-state index is 5.69. The molecule has 0 atom stereocenters. The molecule has 0 amide bonds. The Kier molecular flexibility index (Phi) is 3.10. The molecule has 0 spiro atoms. The van der Waals surface area contributed by atoms with Crippen LogP contribution in [0.5, 0.6) is 0 Å². The van der Waals surface area contributed by atoms with Crippen LogP contribution in [0.4, 0.5) is 5.69 Å². The van der Waals surface area contributed by atoms with E-state index in [1.807, 2.05) is 12.1 Å². The highest BCUT2D eigenvalue weighted by Crippen LogP contribution is 2.36. The molecule has 15 heavy (non-hydrogen) atoms. The molecule has 0 saturated heterocycles. The first-order valence-electron chi connectivity index (χ1n) is 5.77. The van der Waals surface area contributed by atoms with E-state index in [1.54, 1.807) is 0 Å². The maximum Gasteiger partial charge on any atom is 0.0314 e. The second-order valence-corrected chi connectivity index (χ2v) is 4.51. The fourth-order valence-electron chi connectivity index (χ4n) is 2.46. The Labute approximate surface area is 92.0 Å². The molecule has 1 aliphatic carbocycles. The second kappa shape index (κ2) is 4.52. The summed E-state index contributed by atoms with van der Waals surface area (Å²) in [6, 6.07) is 8.37. The molecule has 1 heteroatoms. The van der Waals surface area contributed by atoms with E-state index in [1.165, 1.54) is 31.2 Å². The van der Waals surface area contributed by atoms with Crippen LogP contribution < -0.4 is 5.73 Å². The molecule has 0 unspecified atom stereocenters. The Morgan fingerprint density at radius 1 is 1.07 bits per heavy atom. The van der Waals surface area contributed by atoms with Gasteiger partial charge < -0.3 is 5.73 Å². The van der Waals surface area contributed by atoms with Gasteiger partial charge in [0.25, 0.3) is 0 Å². The van der Waals surface area contributed by atoms with Crippen molar-refractivity contribution >= 4 is 5.69 Å². The third-order valence-electron chi connectivity index (χ3n) is 3.51. The van der Waals surface area contributed by atoms with Crippen LogP contribution in [0.1, 0.15) is 37.2 Å². The minimum Gasteiger partial charge on any atom is -0.399 e. The molecule has 2 N–H and O–H groups in total. The first kappa shape index (κ1) is 10.3. The van der Waals surface area contributed by atoms with Crippen LogP contribution in [-0.2, 0) is 0 Å². The molecule has 2 rings (SSSR count). The van der Waals surface area contributed by atoms with Crippen LogP contribution in [0.15, 0.2) is 36.9 Å². The highest BCUT2D eigenvalue weighted by Gasteiger charge is 2.20. The van der Waals surface area contributed by atoms with Crippen molar-refractivity contribution in [3.05, 3.63) is 42.5 Å². The number of rotatable bonds is 2. The highest BCUT2D eigenvalue weighted by molar-refractivity contribution is 5.40. The quantitative estimate of drug-likeness (QED) is 0.572. The summed E-state index contributed by atoms with van der Waals surface area (Å²) in [5.41, 5.74) is 8.00. The molecule has 0 heterocycles. The summed E-state index contributed by atoms with van der Waals surface area (Å²) in [5, 5.41) is 0. The van der Waals surface area contributed by atoms with Crippen LogP contribution in [0.3, 0.4) is 0 Å². The molecule has 80 valence electrons.